The molecule has 0 saturated heterocycles. The van der Waals surface area contributed by atoms with Gasteiger partial charge in [-0.05, 0) is 42.3 Å². The van der Waals surface area contributed by atoms with Gasteiger partial charge in [0.1, 0.15) is 0 Å². The summed E-state index contributed by atoms with van der Waals surface area (Å²) in [6, 6.07) is 0.557. The zero-order valence-electron chi connectivity index (χ0n) is 10.9. The van der Waals surface area contributed by atoms with Crippen molar-refractivity contribution in [2.75, 3.05) is 11.9 Å². The molecule has 0 aromatic carbocycles. The third kappa shape index (κ3) is 3.08. The molecule has 0 radical (unpaired) electrons. The number of aromatic nitrogens is 2. The van der Waals surface area contributed by atoms with Crippen molar-refractivity contribution in [1.82, 2.24) is 15.5 Å². The van der Waals surface area contributed by atoms with Crippen LogP contribution in [-0.4, -0.2) is 16.7 Å². The molecule has 0 amide bonds. The third-order valence-electron chi connectivity index (χ3n) is 2.71. The minimum absolute atomic E-state index is 0.0842. The number of rotatable bonds is 6. The Bertz CT molecular complexity index is 494. The van der Waals surface area contributed by atoms with Crippen LogP contribution >= 0.6 is 11.3 Å². The topological polar surface area (TPSA) is 63.0 Å². The molecule has 0 bridgehead atoms. The van der Waals surface area contributed by atoms with E-state index in [4.69, 9.17) is 4.42 Å². The summed E-state index contributed by atoms with van der Waals surface area (Å²) in [7, 11) is 0. The Morgan fingerprint density at radius 1 is 1.39 bits per heavy atom. The second kappa shape index (κ2) is 5.97. The summed E-state index contributed by atoms with van der Waals surface area (Å²) in [5, 5.41) is 18.6. The van der Waals surface area contributed by atoms with Gasteiger partial charge in [0.2, 0.25) is 5.89 Å². The quantitative estimate of drug-likeness (QED) is 0.841. The minimum atomic E-state index is 0.0842. The Morgan fingerprint density at radius 2 is 2.22 bits per heavy atom. The summed E-state index contributed by atoms with van der Waals surface area (Å²) in [6.07, 6.45) is 0. The fraction of sp³-hybridized carbons (Fsp3) is 0.500. The van der Waals surface area contributed by atoms with Crippen LogP contribution in [0, 0.1) is 6.92 Å². The molecule has 2 N–H and O–H groups in total. The Hall–Kier alpha value is -1.40. The fourth-order valence-electron chi connectivity index (χ4n) is 1.61. The molecular formula is C12H18N4OS. The van der Waals surface area contributed by atoms with Crippen molar-refractivity contribution in [2.24, 2.45) is 0 Å². The van der Waals surface area contributed by atoms with E-state index in [-0.39, 0.29) is 6.04 Å². The first-order valence-electron chi connectivity index (χ1n) is 6.03. The number of aryl methyl sites for hydroxylation is 1. The molecular weight excluding hydrogens is 248 g/mol. The van der Waals surface area contributed by atoms with Crippen LogP contribution in [0.25, 0.3) is 0 Å². The lowest BCUT2D eigenvalue weighted by Crippen LogP contribution is -2.17. The molecule has 0 fully saturated rings. The minimum Gasteiger partial charge on any atom is -0.406 e. The predicted octanol–water partition coefficient (Wildman–Crippen LogP) is 2.72. The van der Waals surface area contributed by atoms with Gasteiger partial charge in [-0.15, -0.1) is 5.10 Å². The molecule has 0 aliphatic carbocycles. The second-order valence-electron chi connectivity index (χ2n) is 4.16. The van der Waals surface area contributed by atoms with Crippen LogP contribution in [0.15, 0.2) is 15.2 Å². The van der Waals surface area contributed by atoms with Gasteiger partial charge in [0.15, 0.2) is 0 Å². The normalized spacial score (nSPS) is 12.6. The van der Waals surface area contributed by atoms with Crippen molar-refractivity contribution in [3.8, 4) is 0 Å². The Labute approximate surface area is 111 Å². The van der Waals surface area contributed by atoms with Crippen molar-refractivity contribution in [3.63, 3.8) is 0 Å². The first-order chi connectivity index (χ1) is 8.70. The summed E-state index contributed by atoms with van der Waals surface area (Å²) in [4.78, 5) is 0. The molecule has 0 spiro atoms. The van der Waals surface area contributed by atoms with E-state index >= 15 is 0 Å². The lowest BCUT2D eigenvalue weighted by molar-refractivity contribution is 0.428. The van der Waals surface area contributed by atoms with Crippen LogP contribution in [0.4, 0.5) is 6.01 Å². The SMILES string of the molecule is CCNC(C)c1nnc(NCc2cscc2C)o1. The molecule has 2 aromatic rings. The van der Waals surface area contributed by atoms with Gasteiger partial charge in [-0.25, -0.2) is 0 Å². The maximum absolute atomic E-state index is 5.54. The molecule has 1 unspecified atom stereocenters. The van der Waals surface area contributed by atoms with Gasteiger partial charge in [-0.1, -0.05) is 12.0 Å². The summed E-state index contributed by atoms with van der Waals surface area (Å²) in [5.41, 5.74) is 2.55. The highest BCUT2D eigenvalue weighted by Gasteiger charge is 2.12. The summed E-state index contributed by atoms with van der Waals surface area (Å²) in [5.74, 6) is 0.612. The number of hydrogen-bond acceptors (Lipinski definition) is 6. The zero-order chi connectivity index (χ0) is 13.0. The van der Waals surface area contributed by atoms with E-state index in [9.17, 15) is 0 Å². The molecule has 18 heavy (non-hydrogen) atoms. The molecule has 5 nitrogen and oxygen atoms in total. The second-order valence-corrected chi connectivity index (χ2v) is 4.90. The highest BCUT2D eigenvalue weighted by molar-refractivity contribution is 7.08. The average molecular weight is 266 g/mol. The van der Waals surface area contributed by atoms with Crippen LogP contribution in [0.5, 0.6) is 0 Å². The van der Waals surface area contributed by atoms with Crippen LogP contribution in [0.3, 0.4) is 0 Å². The van der Waals surface area contributed by atoms with Gasteiger partial charge in [0, 0.05) is 6.54 Å². The van der Waals surface area contributed by atoms with Crippen LogP contribution in [0.1, 0.15) is 36.9 Å². The standard InChI is InChI=1S/C12H18N4OS/c1-4-13-9(3)11-15-16-12(17-11)14-5-10-7-18-6-8(10)2/h6-7,9,13H,4-5H2,1-3H3,(H,14,16). The lowest BCUT2D eigenvalue weighted by Gasteiger charge is -2.06. The van der Waals surface area contributed by atoms with Crippen molar-refractivity contribution >= 4 is 17.4 Å². The molecule has 6 heteroatoms. The van der Waals surface area contributed by atoms with Gasteiger partial charge >= 0.3 is 6.01 Å². The van der Waals surface area contributed by atoms with Crippen LogP contribution in [-0.2, 0) is 6.54 Å². The highest BCUT2D eigenvalue weighted by atomic mass is 32.1. The van der Waals surface area contributed by atoms with E-state index in [2.05, 4.69) is 38.5 Å². The molecule has 0 saturated carbocycles. The maximum atomic E-state index is 5.54. The summed E-state index contributed by atoms with van der Waals surface area (Å²) >= 11 is 1.70. The van der Waals surface area contributed by atoms with Gasteiger partial charge < -0.3 is 15.1 Å². The van der Waals surface area contributed by atoms with Crippen molar-refractivity contribution in [2.45, 2.75) is 33.4 Å². The van der Waals surface area contributed by atoms with E-state index < -0.39 is 0 Å². The zero-order valence-corrected chi connectivity index (χ0v) is 11.7. The van der Waals surface area contributed by atoms with Gasteiger partial charge in [0.05, 0.1) is 6.04 Å². The van der Waals surface area contributed by atoms with E-state index in [1.807, 2.05) is 13.8 Å². The van der Waals surface area contributed by atoms with Gasteiger partial charge in [-0.2, -0.15) is 11.3 Å². The average Bonchev–Trinajstić information content (AvgIpc) is 2.96. The number of nitrogens with zero attached hydrogens (tertiary/aromatic N) is 2. The van der Waals surface area contributed by atoms with Crippen molar-refractivity contribution in [3.05, 3.63) is 27.8 Å². The first kappa shape index (κ1) is 13.0. The van der Waals surface area contributed by atoms with E-state index in [0.29, 0.717) is 18.5 Å². The molecule has 98 valence electrons. The lowest BCUT2D eigenvalue weighted by atomic mass is 10.2. The monoisotopic (exact) mass is 266 g/mol. The number of anilines is 1. The highest BCUT2D eigenvalue weighted by Crippen LogP contribution is 2.17. The fourth-order valence-corrected chi connectivity index (χ4v) is 2.47. The van der Waals surface area contributed by atoms with Crippen molar-refractivity contribution in [1.29, 1.82) is 0 Å². The Balaban J connectivity index is 1.93. The number of thiophene rings is 1. The predicted molar refractivity (Wildman–Crippen MR) is 72.8 cm³/mol. The summed E-state index contributed by atoms with van der Waals surface area (Å²) < 4.78 is 5.54. The third-order valence-corrected chi connectivity index (χ3v) is 3.62. The number of hydrogen-bond donors (Lipinski definition) is 2. The van der Waals surface area contributed by atoms with Crippen LogP contribution in [0.2, 0.25) is 0 Å². The van der Waals surface area contributed by atoms with Crippen LogP contribution < -0.4 is 10.6 Å². The summed E-state index contributed by atoms with van der Waals surface area (Å²) in [6.45, 7) is 7.74. The molecule has 0 aliphatic rings. The largest absolute Gasteiger partial charge is 0.406 e. The molecule has 1 atom stereocenters. The molecule has 2 rings (SSSR count). The van der Waals surface area contributed by atoms with Gasteiger partial charge in [0.25, 0.3) is 0 Å². The van der Waals surface area contributed by atoms with E-state index in [1.165, 1.54) is 11.1 Å². The Morgan fingerprint density at radius 3 is 2.89 bits per heavy atom. The number of nitrogens with one attached hydrogen (secondary N) is 2. The first-order valence-corrected chi connectivity index (χ1v) is 6.97. The molecule has 2 heterocycles. The van der Waals surface area contributed by atoms with E-state index in [0.717, 1.165) is 6.54 Å². The van der Waals surface area contributed by atoms with Crippen molar-refractivity contribution < 1.29 is 4.42 Å². The molecule has 0 aliphatic heterocycles. The van der Waals surface area contributed by atoms with E-state index in [1.54, 1.807) is 11.3 Å². The van der Waals surface area contributed by atoms with Gasteiger partial charge in [-0.3, -0.25) is 0 Å². The Kier molecular flexibility index (Phi) is 4.33. The maximum Gasteiger partial charge on any atom is 0.315 e. The smallest absolute Gasteiger partial charge is 0.315 e. The molecule has 2 aromatic heterocycles.